The third-order valence-electron chi connectivity index (χ3n) is 7.11. The number of benzene rings is 2. The Morgan fingerprint density at radius 3 is 2.45 bits per heavy atom. The van der Waals surface area contributed by atoms with Crippen LogP contribution in [0.15, 0.2) is 48.8 Å². The second-order valence-electron chi connectivity index (χ2n) is 10.3. The first-order chi connectivity index (χ1) is 18.2. The van der Waals surface area contributed by atoms with Gasteiger partial charge in [-0.2, -0.15) is 5.26 Å². The molecular weight excluding hydrogens is 488 g/mol. The summed E-state index contributed by atoms with van der Waals surface area (Å²) >= 11 is 0. The number of hydrogen-bond acceptors (Lipinski definition) is 8. The number of nitriles is 1. The van der Waals surface area contributed by atoms with Crippen LogP contribution in [0.3, 0.4) is 0 Å². The van der Waals surface area contributed by atoms with E-state index in [1.807, 2.05) is 19.9 Å². The summed E-state index contributed by atoms with van der Waals surface area (Å²) in [7, 11) is 2.12. The van der Waals surface area contributed by atoms with Crippen LogP contribution in [0.25, 0.3) is 0 Å². The van der Waals surface area contributed by atoms with Gasteiger partial charge in [-0.15, -0.1) is 0 Å². The van der Waals surface area contributed by atoms with Crippen LogP contribution in [0.5, 0.6) is 0 Å². The van der Waals surface area contributed by atoms with Crippen molar-refractivity contribution in [3.05, 3.63) is 71.6 Å². The van der Waals surface area contributed by atoms with Gasteiger partial charge in [0.1, 0.15) is 23.8 Å². The summed E-state index contributed by atoms with van der Waals surface area (Å²) in [5, 5.41) is 14.7. The van der Waals surface area contributed by atoms with Gasteiger partial charge < -0.3 is 15.1 Å². The Morgan fingerprint density at radius 1 is 1.00 bits per heavy atom. The lowest BCUT2D eigenvalue weighted by Gasteiger charge is -2.35. The summed E-state index contributed by atoms with van der Waals surface area (Å²) in [5.74, 6) is -0.255. The Hall–Kier alpha value is -3.81. The van der Waals surface area contributed by atoms with Crippen LogP contribution >= 0.6 is 0 Å². The zero-order valence-corrected chi connectivity index (χ0v) is 21.8. The maximum Gasteiger partial charge on any atom is 0.158 e. The summed E-state index contributed by atoms with van der Waals surface area (Å²) in [5.41, 5.74) is 2.56. The molecule has 38 heavy (non-hydrogen) atoms. The number of aromatic nitrogens is 2. The lowest BCUT2D eigenvalue weighted by molar-refractivity contribution is 0.156. The summed E-state index contributed by atoms with van der Waals surface area (Å²) in [4.78, 5) is 19.2. The number of nitrogens with one attached hydrogen (secondary N) is 1. The van der Waals surface area contributed by atoms with E-state index >= 15 is 0 Å². The molecule has 0 saturated carbocycles. The van der Waals surface area contributed by atoms with Gasteiger partial charge in [0.15, 0.2) is 5.82 Å². The Bertz CT molecular complexity index is 1330. The quantitative estimate of drug-likeness (QED) is 0.491. The second-order valence-corrected chi connectivity index (χ2v) is 10.3. The van der Waals surface area contributed by atoms with Crippen LogP contribution in [0, 0.1) is 23.0 Å². The molecule has 5 rings (SSSR count). The van der Waals surface area contributed by atoms with E-state index in [9.17, 15) is 14.0 Å². The highest BCUT2D eigenvalue weighted by Crippen LogP contribution is 2.36. The molecule has 3 heterocycles. The molecule has 0 spiro atoms. The minimum Gasteiger partial charge on any atom is -0.369 e. The summed E-state index contributed by atoms with van der Waals surface area (Å²) < 4.78 is 27.8. The molecule has 2 aliphatic rings. The number of hydrogen-bond donors (Lipinski definition) is 1. The molecule has 2 aliphatic heterocycles. The van der Waals surface area contributed by atoms with Gasteiger partial charge in [-0.05, 0) is 62.4 Å². The van der Waals surface area contributed by atoms with Crippen molar-refractivity contribution in [2.75, 3.05) is 55.1 Å². The predicted molar refractivity (Wildman–Crippen MR) is 142 cm³/mol. The van der Waals surface area contributed by atoms with Crippen molar-refractivity contribution in [3.63, 3.8) is 0 Å². The first-order valence-corrected chi connectivity index (χ1v) is 12.7. The minimum atomic E-state index is -0.674. The molecule has 1 atom stereocenters. The first kappa shape index (κ1) is 25.8. The van der Waals surface area contributed by atoms with Gasteiger partial charge in [-0.3, -0.25) is 4.84 Å². The first-order valence-electron chi connectivity index (χ1n) is 12.7. The van der Waals surface area contributed by atoms with Crippen LogP contribution in [-0.2, 0) is 10.3 Å². The second kappa shape index (κ2) is 10.5. The smallest absolute Gasteiger partial charge is 0.158 e. The molecule has 0 amide bonds. The Balaban J connectivity index is 1.43. The number of piperazine rings is 1. The molecule has 1 aromatic heterocycles. The minimum absolute atomic E-state index is 0.383. The highest BCUT2D eigenvalue weighted by Gasteiger charge is 2.30. The summed E-state index contributed by atoms with van der Waals surface area (Å²) in [6, 6.07) is 13.4. The number of halogens is 2. The van der Waals surface area contributed by atoms with Gasteiger partial charge in [-0.25, -0.2) is 23.8 Å². The maximum atomic E-state index is 13.9. The van der Waals surface area contributed by atoms with Crippen molar-refractivity contribution in [3.8, 4) is 6.07 Å². The Kier molecular flexibility index (Phi) is 7.15. The molecule has 198 valence electrons. The molecule has 2 aromatic carbocycles. The van der Waals surface area contributed by atoms with Gasteiger partial charge in [0.25, 0.3) is 0 Å². The molecule has 0 aliphatic carbocycles. The topological polar surface area (TPSA) is 80.6 Å². The summed E-state index contributed by atoms with van der Waals surface area (Å²) in [6.07, 6.45) is 1.99. The fraction of sp³-hybridized carbons (Fsp3) is 0.393. The number of hydroxylamine groups is 1. The monoisotopic (exact) mass is 519 g/mol. The normalized spacial score (nSPS) is 18.5. The fourth-order valence-corrected chi connectivity index (χ4v) is 4.81. The molecule has 2 fully saturated rings. The third kappa shape index (κ3) is 5.54. The van der Waals surface area contributed by atoms with Gasteiger partial charge in [0, 0.05) is 56.1 Å². The van der Waals surface area contributed by atoms with E-state index in [-0.39, 0.29) is 6.04 Å². The number of likely N-dealkylation sites (N-methyl/N-ethyl adjacent to an activating group) is 1. The van der Waals surface area contributed by atoms with Crippen molar-refractivity contribution in [1.29, 1.82) is 5.26 Å². The van der Waals surface area contributed by atoms with Gasteiger partial charge in [0.2, 0.25) is 0 Å². The van der Waals surface area contributed by atoms with Crippen molar-refractivity contribution < 1.29 is 13.6 Å². The van der Waals surface area contributed by atoms with Crippen molar-refractivity contribution in [2.24, 2.45) is 0 Å². The molecule has 2 saturated heterocycles. The molecule has 1 unspecified atom stereocenters. The zero-order chi connectivity index (χ0) is 26.9. The van der Waals surface area contributed by atoms with Crippen molar-refractivity contribution in [2.45, 2.75) is 31.7 Å². The predicted octanol–water partition coefficient (Wildman–Crippen LogP) is 4.93. The van der Waals surface area contributed by atoms with Gasteiger partial charge in [-0.1, -0.05) is 0 Å². The highest BCUT2D eigenvalue weighted by molar-refractivity contribution is 5.67. The van der Waals surface area contributed by atoms with E-state index in [1.165, 1.54) is 18.5 Å². The summed E-state index contributed by atoms with van der Waals surface area (Å²) in [6.45, 7) is 7.95. The van der Waals surface area contributed by atoms with Crippen LogP contribution in [0.1, 0.15) is 37.4 Å². The Labute approximate surface area is 221 Å². The van der Waals surface area contributed by atoms with Gasteiger partial charge >= 0.3 is 0 Å². The molecular formula is C28H31F2N7O. The van der Waals surface area contributed by atoms with E-state index < -0.39 is 17.0 Å². The van der Waals surface area contributed by atoms with Crippen molar-refractivity contribution >= 4 is 23.0 Å². The molecule has 0 bridgehead atoms. The van der Waals surface area contributed by atoms with Crippen LogP contribution < -0.4 is 15.3 Å². The standard InChI is InChI=1S/C28H31F2N7O/c1-28(2,17-31)20-12-23(15-24(13-20)36-7-5-35(3)6-8-36)34-26-16-27(33-18-32-26)37-25(4-9-38-37)19-10-21(29)14-22(30)11-19/h10-16,18,25H,4-9H2,1-3H3,(H,32,33,34). The van der Waals surface area contributed by atoms with Crippen molar-refractivity contribution in [1.82, 2.24) is 14.9 Å². The largest absolute Gasteiger partial charge is 0.369 e. The number of rotatable bonds is 6. The highest BCUT2D eigenvalue weighted by atomic mass is 19.1. The SMILES string of the molecule is CN1CCN(c2cc(Nc3cc(N4OCCC4c4cc(F)cc(F)c4)ncn3)cc(C(C)(C)C#N)c2)CC1. The van der Waals surface area contributed by atoms with E-state index in [2.05, 4.69) is 50.3 Å². The molecule has 8 nitrogen and oxygen atoms in total. The van der Waals surface area contributed by atoms with Crippen LogP contribution in [0.4, 0.5) is 31.8 Å². The maximum absolute atomic E-state index is 13.9. The van der Waals surface area contributed by atoms with Crippen LogP contribution in [0.2, 0.25) is 0 Å². The molecule has 3 aromatic rings. The van der Waals surface area contributed by atoms with E-state index in [0.717, 1.165) is 49.2 Å². The van der Waals surface area contributed by atoms with E-state index in [1.54, 1.807) is 11.1 Å². The number of nitrogens with zero attached hydrogens (tertiary/aromatic N) is 6. The van der Waals surface area contributed by atoms with Gasteiger partial charge in [0.05, 0.1) is 24.1 Å². The lowest BCUT2D eigenvalue weighted by atomic mass is 9.85. The third-order valence-corrected chi connectivity index (χ3v) is 7.11. The average molecular weight is 520 g/mol. The zero-order valence-electron chi connectivity index (χ0n) is 21.8. The average Bonchev–Trinajstić information content (AvgIpc) is 3.39. The molecule has 10 heteroatoms. The van der Waals surface area contributed by atoms with E-state index in [0.29, 0.717) is 30.2 Å². The van der Waals surface area contributed by atoms with Crippen LogP contribution in [-0.4, -0.2) is 54.7 Å². The number of anilines is 4. The molecule has 1 N–H and O–H groups in total. The van der Waals surface area contributed by atoms with E-state index in [4.69, 9.17) is 4.84 Å². The Morgan fingerprint density at radius 2 is 1.74 bits per heavy atom. The fourth-order valence-electron chi connectivity index (χ4n) is 4.81. The molecule has 0 radical (unpaired) electrons. The lowest BCUT2D eigenvalue weighted by Crippen LogP contribution is -2.44.